The molecule has 1 aromatic rings. The summed E-state index contributed by atoms with van der Waals surface area (Å²) >= 11 is 0. The van der Waals surface area contributed by atoms with Gasteiger partial charge < -0.3 is 20.1 Å². The highest BCUT2D eigenvalue weighted by Gasteiger charge is 2.30. The van der Waals surface area contributed by atoms with Crippen LogP contribution < -0.4 is 10.1 Å². The molecule has 0 atom stereocenters. The van der Waals surface area contributed by atoms with Crippen molar-refractivity contribution >= 4 is 5.96 Å². The minimum Gasteiger partial charge on any atom is -0.508 e. The van der Waals surface area contributed by atoms with E-state index in [-0.39, 0.29) is 5.75 Å². The van der Waals surface area contributed by atoms with E-state index < -0.39 is 0 Å². The van der Waals surface area contributed by atoms with Crippen LogP contribution in [-0.2, 0) is 6.42 Å². The second-order valence-corrected chi connectivity index (χ2v) is 6.55. The Balaban J connectivity index is 1.87. The Morgan fingerprint density at radius 1 is 1.45 bits per heavy atom. The zero-order chi connectivity index (χ0) is 16.2. The highest BCUT2D eigenvalue weighted by Crippen LogP contribution is 2.28. The number of hydrogen-bond donors (Lipinski definition) is 2. The molecule has 0 aliphatic carbocycles. The maximum absolute atomic E-state index is 9.98. The number of likely N-dealkylation sites (tertiary alicyclic amines) is 1. The van der Waals surface area contributed by atoms with Crippen molar-refractivity contribution in [3.63, 3.8) is 0 Å². The molecule has 1 heterocycles. The van der Waals surface area contributed by atoms with Gasteiger partial charge in [-0.1, -0.05) is 19.9 Å². The van der Waals surface area contributed by atoms with Gasteiger partial charge in [0, 0.05) is 32.7 Å². The zero-order valence-corrected chi connectivity index (χ0v) is 14.0. The number of hydrogen-bond acceptors (Lipinski definition) is 3. The van der Waals surface area contributed by atoms with E-state index in [1.807, 2.05) is 19.2 Å². The van der Waals surface area contributed by atoms with Crippen LogP contribution in [-0.4, -0.2) is 49.8 Å². The summed E-state index contributed by atoms with van der Waals surface area (Å²) in [5.74, 6) is 1.89. The number of aromatic hydroxyl groups is 1. The smallest absolute Gasteiger partial charge is 0.193 e. The third-order valence-corrected chi connectivity index (χ3v) is 4.16. The molecule has 0 spiro atoms. The second-order valence-electron chi connectivity index (χ2n) is 6.55. The van der Waals surface area contributed by atoms with E-state index in [2.05, 4.69) is 29.1 Å². The van der Waals surface area contributed by atoms with E-state index in [0.717, 1.165) is 37.6 Å². The Hall–Kier alpha value is -1.91. The fraction of sp³-hybridized carbons (Fsp3) is 0.588. The highest BCUT2D eigenvalue weighted by molar-refractivity contribution is 5.80. The fourth-order valence-electron chi connectivity index (χ4n) is 2.82. The van der Waals surface area contributed by atoms with Gasteiger partial charge in [-0.25, -0.2) is 0 Å². The molecule has 0 saturated carbocycles. The largest absolute Gasteiger partial charge is 0.508 e. The van der Waals surface area contributed by atoms with Crippen molar-refractivity contribution in [3.8, 4) is 11.5 Å². The number of nitrogens with one attached hydrogen (secondary N) is 1. The number of guanidine groups is 1. The first-order chi connectivity index (χ1) is 10.4. The van der Waals surface area contributed by atoms with Gasteiger partial charge >= 0.3 is 0 Å². The van der Waals surface area contributed by atoms with Crippen LogP contribution in [0.3, 0.4) is 0 Å². The van der Waals surface area contributed by atoms with Gasteiger partial charge in [0.25, 0.3) is 0 Å². The fourth-order valence-corrected chi connectivity index (χ4v) is 2.82. The molecule has 5 nitrogen and oxygen atoms in total. The van der Waals surface area contributed by atoms with E-state index in [4.69, 9.17) is 4.74 Å². The lowest BCUT2D eigenvalue weighted by Crippen LogP contribution is -2.41. The Bertz CT molecular complexity index is 541. The van der Waals surface area contributed by atoms with Crippen LogP contribution in [0.15, 0.2) is 23.2 Å². The van der Waals surface area contributed by atoms with E-state index in [0.29, 0.717) is 11.2 Å². The third kappa shape index (κ3) is 4.06. The van der Waals surface area contributed by atoms with E-state index >= 15 is 0 Å². The monoisotopic (exact) mass is 305 g/mol. The van der Waals surface area contributed by atoms with Crippen LogP contribution in [0.25, 0.3) is 0 Å². The molecule has 22 heavy (non-hydrogen) atoms. The van der Waals surface area contributed by atoms with Crippen molar-refractivity contribution in [2.75, 3.05) is 33.8 Å². The Morgan fingerprint density at radius 2 is 2.23 bits per heavy atom. The Morgan fingerprint density at radius 3 is 2.77 bits per heavy atom. The number of phenolic OH excluding ortho intramolecular Hbond substituents is 1. The molecular formula is C17H27N3O2. The molecule has 0 amide bonds. The lowest BCUT2D eigenvalue weighted by atomic mass is 9.93. The predicted molar refractivity (Wildman–Crippen MR) is 89.7 cm³/mol. The molecule has 1 aliphatic heterocycles. The van der Waals surface area contributed by atoms with Crippen LogP contribution in [0.5, 0.6) is 11.5 Å². The molecule has 1 fully saturated rings. The van der Waals surface area contributed by atoms with E-state index in [9.17, 15) is 5.11 Å². The molecular weight excluding hydrogens is 278 g/mol. The predicted octanol–water partition coefficient (Wildman–Crippen LogP) is 2.25. The van der Waals surface area contributed by atoms with Crippen molar-refractivity contribution in [2.24, 2.45) is 10.4 Å². The molecule has 0 unspecified atom stereocenters. The quantitative estimate of drug-likeness (QED) is 0.662. The summed E-state index contributed by atoms with van der Waals surface area (Å²) in [5.41, 5.74) is 1.26. The first-order valence-electron chi connectivity index (χ1n) is 7.77. The molecule has 5 heteroatoms. The summed E-state index contributed by atoms with van der Waals surface area (Å²) < 4.78 is 5.10. The Labute approximate surface area is 133 Å². The molecule has 0 bridgehead atoms. The summed E-state index contributed by atoms with van der Waals surface area (Å²) in [6.45, 7) is 7.38. The summed E-state index contributed by atoms with van der Waals surface area (Å²) in [5, 5.41) is 13.4. The van der Waals surface area contributed by atoms with E-state index in [1.165, 1.54) is 6.42 Å². The summed E-state index contributed by atoms with van der Waals surface area (Å²) in [7, 11) is 3.41. The van der Waals surface area contributed by atoms with Gasteiger partial charge in [0.05, 0.1) is 7.11 Å². The third-order valence-electron chi connectivity index (χ3n) is 4.16. The van der Waals surface area contributed by atoms with Crippen LogP contribution in [0, 0.1) is 5.41 Å². The molecule has 1 aromatic carbocycles. The number of rotatable bonds is 4. The maximum atomic E-state index is 9.98. The zero-order valence-electron chi connectivity index (χ0n) is 14.0. The first-order valence-corrected chi connectivity index (χ1v) is 7.77. The summed E-state index contributed by atoms with van der Waals surface area (Å²) in [6, 6.07) is 5.41. The van der Waals surface area contributed by atoms with Crippen molar-refractivity contribution in [3.05, 3.63) is 23.8 Å². The lowest BCUT2D eigenvalue weighted by molar-refractivity contribution is 0.370. The van der Waals surface area contributed by atoms with Crippen molar-refractivity contribution < 1.29 is 9.84 Å². The molecule has 122 valence electrons. The second kappa shape index (κ2) is 6.90. The Kier molecular flexibility index (Phi) is 5.16. The van der Waals surface area contributed by atoms with Gasteiger partial charge in [0.15, 0.2) is 5.96 Å². The number of ether oxygens (including phenoxy) is 1. The average Bonchev–Trinajstić information content (AvgIpc) is 2.85. The van der Waals surface area contributed by atoms with Gasteiger partial charge in [-0.15, -0.1) is 0 Å². The topological polar surface area (TPSA) is 57.1 Å². The van der Waals surface area contributed by atoms with E-state index in [1.54, 1.807) is 13.2 Å². The van der Waals surface area contributed by atoms with Crippen LogP contribution in [0.1, 0.15) is 25.8 Å². The van der Waals surface area contributed by atoms with Gasteiger partial charge in [-0.05, 0) is 29.9 Å². The average molecular weight is 305 g/mol. The lowest BCUT2D eigenvalue weighted by Gasteiger charge is -2.23. The molecule has 2 rings (SSSR count). The molecule has 2 N–H and O–H groups in total. The number of benzene rings is 1. The first kappa shape index (κ1) is 16.5. The number of nitrogens with zero attached hydrogens (tertiary/aromatic N) is 2. The molecule has 0 aromatic heterocycles. The van der Waals surface area contributed by atoms with Crippen molar-refractivity contribution in [1.29, 1.82) is 0 Å². The summed E-state index contributed by atoms with van der Waals surface area (Å²) in [4.78, 5) is 6.67. The van der Waals surface area contributed by atoms with Crippen LogP contribution in [0.4, 0.5) is 0 Å². The maximum Gasteiger partial charge on any atom is 0.193 e. The normalized spacial score (nSPS) is 17.6. The summed E-state index contributed by atoms with van der Waals surface area (Å²) in [6.07, 6.45) is 1.93. The number of aliphatic imine (C=N–C) groups is 1. The minimum atomic E-state index is 0.276. The van der Waals surface area contributed by atoms with Crippen molar-refractivity contribution in [2.45, 2.75) is 26.7 Å². The van der Waals surface area contributed by atoms with Gasteiger partial charge in [0.1, 0.15) is 11.5 Å². The molecule has 1 saturated heterocycles. The molecule has 0 radical (unpaired) electrons. The highest BCUT2D eigenvalue weighted by atomic mass is 16.5. The van der Waals surface area contributed by atoms with Crippen LogP contribution >= 0.6 is 0 Å². The van der Waals surface area contributed by atoms with Gasteiger partial charge in [0.2, 0.25) is 0 Å². The van der Waals surface area contributed by atoms with Gasteiger partial charge in [-0.3, -0.25) is 4.99 Å². The molecule has 1 aliphatic rings. The SMILES string of the molecule is CN=C(NCCc1ccc(OC)cc1O)N1CCC(C)(C)C1. The van der Waals surface area contributed by atoms with Crippen LogP contribution in [0.2, 0.25) is 0 Å². The minimum absolute atomic E-state index is 0.276. The van der Waals surface area contributed by atoms with Gasteiger partial charge in [-0.2, -0.15) is 0 Å². The van der Waals surface area contributed by atoms with Crippen molar-refractivity contribution in [1.82, 2.24) is 10.2 Å². The number of phenols is 1. The standard InChI is InChI=1S/C17H27N3O2/c1-17(2)8-10-20(12-17)16(18-3)19-9-7-13-5-6-14(22-4)11-15(13)21/h5-6,11,21H,7-10,12H2,1-4H3,(H,18,19). The number of methoxy groups -OCH3 is 1.